The molecule has 1 rings (SSSR count). The van der Waals surface area contributed by atoms with Crippen molar-refractivity contribution in [3.63, 3.8) is 0 Å². The second-order valence-electron chi connectivity index (χ2n) is 6.03. The number of ether oxygens (including phenoxy) is 1. The van der Waals surface area contributed by atoms with Gasteiger partial charge in [0.2, 0.25) is 0 Å². The largest absolute Gasteiger partial charge is 0.466 e. The molecular weight excluding hydrogens is 393 g/mol. The average Bonchev–Trinajstić information content (AvgIpc) is 3.10. The van der Waals surface area contributed by atoms with Crippen molar-refractivity contribution in [1.82, 2.24) is 15.6 Å². The van der Waals surface area contributed by atoms with Gasteiger partial charge in [-0.3, -0.25) is 9.79 Å². The molecule has 0 aliphatic carbocycles. The third kappa shape index (κ3) is 10.5. The van der Waals surface area contributed by atoms with E-state index in [2.05, 4.69) is 20.6 Å². The van der Waals surface area contributed by atoms with E-state index in [4.69, 9.17) is 4.74 Å². The van der Waals surface area contributed by atoms with Crippen molar-refractivity contribution in [3.05, 3.63) is 16.1 Å². The summed E-state index contributed by atoms with van der Waals surface area (Å²) in [6, 6.07) is 0. The van der Waals surface area contributed by atoms with E-state index in [1.807, 2.05) is 6.92 Å². The summed E-state index contributed by atoms with van der Waals surface area (Å²) in [6.45, 7) is 5.95. The van der Waals surface area contributed by atoms with Crippen LogP contribution in [-0.2, 0) is 22.1 Å². The van der Waals surface area contributed by atoms with Crippen molar-refractivity contribution in [1.29, 1.82) is 0 Å². The van der Waals surface area contributed by atoms with Crippen LogP contribution >= 0.6 is 11.3 Å². The van der Waals surface area contributed by atoms with E-state index in [1.165, 1.54) is 0 Å². The zero-order valence-corrected chi connectivity index (χ0v) is 17.2. The highest BCUT2D eigenvalue weighted by molar-refractivity contribution is 7.09. The molecule has 0 fully saturated rings. The van der Waals surface area contributed by atoms with Crippen LogP contribution < -0.4 is 10.6 Å². The Balaban J connectivity index is 2.24. The van der Waals surface area contributed by atoms with Crippen LogP contribution in [0.1, 0.15) is 56.7 Å². The summed E-state index contributed by atoms with van der Waals surface area (Å²) in [6.07, 6.45) is 0.100. The molecule has 28 heavy (non-hydrogen) atoms. The Labute approximate surface area is 168 Å². The van der Waals surface area contributed by atoms with Gasteiger partial charge in [-0.1, -0.05) is 12.8 Å². The fourth-order valence-electron chi connectivity index (χ4n) is 2.34. The molecule has 0 aliphatic rings. The minimum atomic E-state index is -4.39. The van der Waals surface area contributed by atoms with Gasteiger partial charge >= 0.3 is 12.1 Å². The summed E-state index contributed by atoms with van der Waals surface area (Å²) >= 11 is 1.01. The summed E-state index contributed by atoms with van der Waals surface area (Å²) < 4.78 is 42.5. The molecule has 0 saturated heterocycles. The number of aliphatic imine (C=N–C) groups is 1. The molecule has 0 spiro atoms. The number of unbranched alkanes of at least 4 members (excludes halogenated alkanes) is 3. The highest BCUT2D eigenvalue weighted by Crippen LogP contribution is 2.29. The van der Waals surface area contributed by atoms with Gasteiger partial charge in [-0.2, -0.15) is 13.2 Å². The second-order valence-corrected chi connectivity index (χ2v) is 6.97. The number of aromatic nitrogens is 1. The molecule has 160 valence electrons. The molecule has 0 aliphatic heterocycles. The Morgan fingerprint density at radius 3 is 2.61 bits per heavy atom. The smallest absolute Gasteiger partial charge is 0.434 e. The molecule has 2 N–H and O–H groups in total. The molecule has 10 heteroatoms. The van der Waals surface area contributed by atoms with Gasteiger partial charge in [-0.15, -0.1) is 11.3 Å². The average molecular weight is 423 g/mol. The van der Waals surface area contributed by atoms with E-state index in [1.54, 1.807) is 6.92 Å². The lowest BCUT2D eigenvalue weighted by atomic mass is 10.1. The summed E-state index contributed by atoms with van der Waals surface area (Å²) in [5, 5.41) is 7.70. The van der Waals surface area contributed by atoms with Gasteiger partial charge in [0.15, 0.2) is 11.7 Å². The quantitative estimate of drug-likeness (QED) is 0.232. The van der Waals surface area contributed by atoms with Crippen LogP contribution in [0.3, 0.4) is 0 Å². The fraction of sp³-hybridized carbons (Fsp3) is 0.722. The number of guanidine groups is 1. The number of nitrogens with one attached hydrogen (secondary N) is 2. The maximum atomic E-state index is 12.6. The molecule has 1 heterocycles. The molecule has 0 atom stereocenters. The monoisotopic (exact) mass is 422 g/mol. The van der Waals surface area contributed by atoms with E-state index < -0.39 is 11.9 Å². The van der Waals surface area contributed by atoms with E-state index in [0.29, 0.717) is 50.0 Å². The molecule has 1 aromatic rings. The van der Waals surface area contributed by atoms with Gasteiger partial charge in [0.25, 0.3) is 0 Å². The highest BCUT2D eigenvalue weighted by atomic mass is 32.1. The topological polar surface area (TPSA) is 75.6 Å². The standard InChI is InChI=1S/C18H29F3N4O2S/c1-3-22-17(23-11-8-6-5-7-9-16(26)27-4-2)24-12-10-15-25-14(13-28-15)18(19,20)21/h13H,3-12H2,1-2H3,(H2,22,23,24). The zero-order chi connectivity index (χ0) is 20.8. The van der Waals surface area contributed by atoms with Crippen LogP contribution in [0.25, 0.3) is 0 Å². The number of thiazole rings is 1. The summed E-state index contributed by atoms with van der Waals surface area (Å²) in [5.41, 5.74) is -0.837. The lowest BCUT2D eigenvalue weighted by molar-refractivity contribution is -0.143. The van der Waals surface area contributed by atoms with Gasteiger partial charge < -0.3 is 15.4 Å². The summed E-state index contributed by atoms with van der Waals surface area (Å²) in [7, 11) is 0. The van der Waals surface area contributed by atoms with Crippen LogP contribution in [0.15, 0.2) is 10.4 Å². The van der Waals surface area contributed by atoms with E-state index in [0.717, 1.165) is 42.4 Å². The number of nitrogens with zero attached hydrogens (tertiary/aromatic N) is 2. The first-order valence-corrected chi connectivity index (χ1v) is 10.4. The number of halogens is 3. The molecule has 0 bridgehead atoms. The number of alkyl halides is 3. The third-order valence-corrected chi connectivity index (χ3v) is 4.59. The minimum Gasteiger partial charge on any atom is -0.466 e. The Bertz CT molecular complexity index is 606. The first-order valence-electron chi connectivity index (χ1n) is 9.56. The van der Waals surface area contributed by atoms with E-state index >= 15 is 0 Å². The maximum absolute atomic E-state index is 12.6. The van der Waals surface area contributed by atoms with Crippen molar-refractivity contribution in [2.45, 2.75) is 58.5 Å². The van der Waals surface area contributed by atoms with Gasteiger partial charge in [0.1, 0.15) is 0 Å². The van der Waals surface area contributed by atoms with Gasteiger partial charge in [-0.05, 0) is 26.7 Å². The van der Waals surface area contributed by atoms with E-state index in [-0.39, 0.29) is 5.97 Å². The Hall–Kier alpha value is -1.84. The number of carbonyl (C=O) groups excluding carboxylic acids is 1. The summed E-state index contributed by atoms with van der Waals surface area (Å²) in [5.74, 6) is 0.489. The van der Waals surface area contributed by atoms with Gasteiger partial charge in [-0.25, -0.2) is 4.98 Å². The van der Waals surface area contributed by atoms with Crippen LogP contribution in [0.2, 0.25) is 0 Å². The third-order valence-electron chi connectivity index (χ3n) is 3.68. The molecule has 0 amide bonds. The molecule has 1 aromatic heterocycles. The van der Waals surface area contributed by atoms with Crippen LogP contribution in [0.5, 0.6) is 0 Å². The van der Waals surface area contributed by atoms with Crippen LogP contribution in [0.4, 0.5) is 13.2 Å². The number of carbonyl (C=O) groups is 1. The van der Waals surface area contributed by atoms with Crippen LogP contribution in [-0.4, -0.2) is 43.2 Å². The van der Waals surface area contributed by atoms with Crippen molar-refractivity contribution in [3.8, 4) is 0 Å². The molecule has 6 nitrogen and oxygen atoms in total. The highest BCUT2D eigenvalue weighted by Gasteiger charge is 2.33. The van der Waals surface area contributed by atoms with E-state index in [9.17, 15) is 18.0 Å². The number of hydrogen-bond donors (Lipinski definition) is 2. The SMILES string of the molecule is CCNC(=NCCCCCCC(=O)OCC)NCCc1nc(C(F)(F)F)cs1. The number of rotatable bonds is 12. The molecule has 0 saturated carbocycles. The first-order chi connectivity index (χ1) is 13.4. The molecule has 0 aromatic carbocycles. The fourth-order valence-corrected chi connectivity index (χ4v) is 3.15. The molecular formula is C18H29F3N4O2S. The lowest BCUT2D eigenvalue weighted by Gasteiger charge is -2.10. The molecule has 0 unspecified atom stereocenters. The van der Waals surface area contributed by atoms with Crippen molar-refractivity contribution in [2.24, 2.45) is 4.99 Å². The minimum absolute atomic E-state index is 0.151. The lowest BCUT2D eigenvalue weighted by Crippen LogP contribution is -2.38. The van der Waals surface area contributed by atoms with Crippen molar-refractivity contribution < 1.29 is 22.7 Å². The Morgan fingerprint density at radius 1 is 1.21 bits per heavy atom. The number of esters is 1. The zero-order valence-electron chi connectivity index (χ0n) is 16.4. The Morgan fingerprint density at radius 2 is 1.96 bits per heavy atom. The van der Waals surface area contributed by atoms with Crippen LogP contribution in [0, 0.1) is 0 Å². The van der Waals surface area contributed by atoms with Gasteiger partial charge in [0.05, 0.1) is 11.6 Å². The molecule has 0 radical (unpaired) electrons. The Kier molecular flexibility index (Phi) is 11.5. The number of hydrogen-bond acceptors (Lipinski definition) is 5. The van der Waals surface area contributed by atoms with Crippen molar-refractivity contribution >= 4 is 23.3 Å². The summed E-state index contributed by atoms with van der Waals surface area (Å²) in [4.78, 5) is 19.3. The first kappa shape index (κ1) is 24.2. The van der Waals surface area contributed by atoms with Crippen molar-refractivity contribution in [2.75, 3.05) is 26.2 Å². The predicted octanol–water partition coefficient (Wildman–Crippen LogP) is 3.77. The predicted molar refractivity (Wildman–Crippen MR) is 105 cm³/mol. The van der Waals surface area contributed by atoms with Gasteiger partial charge in [0, 0.05) is 37.9 Å². The maximum Gasteiger partial charge on any atom is 0.434 e. The normalized spacial score (nSPS) is 12.1. The second kappa shape index (κ2) is 13.4.